The van der Waals surface area contributed by atoms with Gasteiger partial charge >= 0.3 is 0 Å². The molecule has 0 aliphatic rings. The monoisotopic (exact) mass is 1250 g/mol. The number of hydrogen-bond acceptors (Lipinski definition) is 4. The Bertz CT molecular complexity index is 4440. The standard InChI is InChI=1S/C87H102F2O4/c1-80(2,3)50-86(19,20)60-44-70(78(90)72(46-60)76-64-33-30-56(82(7,8)9)40-55(64)39-54-26-29-57(41-65(54)76)83(10,11)12)68-48-62(88)31-34-74(68)92-36-23-37-93-75-35-32-63(89)49-69(75)71-45-61(87(21,22)51-81(4,5)6)47-73(79(71)91)77-66-42-58(84(13,14)15)27-24-52(66)38-53-25-28-59(43-67(53)77)85(16,17)18/h24-35,38-49,90-91H,23,36-37,50-51H2,1-22H3. The number of hydrogen-bond donors (Lipinski definition) is 2. The molecule has 0 saturated heterocycles. The minimum atomic E-state index is -0.458. The summed E-state index contributed by atoms with van der Waals surface area (Å²) in [6.45, 7) is 49.6. The maximum atomic E-state index is 16.1. The third-order valence-corrected chi connectivity index (χ3v) is 18.9. The highest BCUT2D eigenvalue weighted by Gasteiger charge is 2.34. The quantitative estimate of drug-likeness (QED) is 0.0841. The van der Waals surface area contributed by atoms with E-state index in [1.54, 1.807) is 12.1 Å². The van der Waals surface area contributed by atoms with Crippen molar-refractivity contribution in [3.05, 3.63) is 191 Å². The molecule has 0 bridgehead atoms. The summed E-state index contributed by atoms with van der Waals surface area (Å²) in [5.41, 5.74) is 10.4. The van der Waals surface area contributed by atoms with Gasteiger partial charge in [0.15, 0.2) is 0 Å². The molecule has 93 heavy (non-hydrogen) atoms. The van der Waals surface area contributed by atoms with Gasteiger partial charge in [-0.25, -0.2) is 8.78 Å². The van der Waals surface area contributed by atoms with E-state index in [2.05, 4.69) is 249 Å². The number of phenolic OH excluding ortho intramolecular Hbond substituents is 2. The van der Waals surface area contributed by atoms with Crippen molar-refractivity contribution in [1.82, 2.24) is 0 Å². The minimum absolute atomic E-state index is 0.0398. The summed E-state index contributed by atoms with van der Waals surface area (Å²) in [6, 6.07) is 48.8. The van der Waals surface area contributed by atoms with Gasteiger partial charge in [-0.1, -0.05) is 207 Å². The Morgan fingerprint density at radius 3 is 0.978 bits per heavy atom. The van der Waals surface area contributed by atoms with Crippen molar-refractivity contribution in [2.24, 2.45) is 10.8 Å². The van der Waals surface area contributed by atoms with E-state index in [0.717, 1.165) is 78.2 Å². The first-order valence-electron chi connectivity index (χ1n) is 33.6. The lowest BCUT2D eigenvalue weighted by Gasteiger charge is -2.34. The summed E-state index contributed by atoms with van der Waals surface area (Å²) < 4.78 is 45.6. The van der Waals surface area contributed by atoms with Crippen molar-refractivity contribution in [2.45, 2.75) is 204 Å². The van der Waals surface area contributed by atoms with E-state index in [4.69, 9.17) is 9.47 Å². The van der Waals surface area contributed by atoms with E-state index >= 15 is 8.78 Å². The normalized spacial score (nSPS) is 13.2. The van der Waals surface area contributed by atoms with Crippen LogP contribution in [0.2, 0.25) is 0 Å². The third kappa shape index (κ3) is 14.5. The van der Waals surface area contributed by atoms with Crippen LogP contribution in [0, 0.1) is 22.5 Å². The molecule has 10 aromatic rings. The molecule has 0 heterocycles. The van der Waals surface area contributed by atoms with Crippen molar-refractivity contribution in [2.75, 3.05) is 13.2 Å². The zero-order valence-corrected chi connectivity index (χ0v) is 59.9. The number of rotatable bonds is 14. The average molecular weight is 1250 g/mol. The second-order valence-corrected chi connectivity index (χ2v) is 34.7. The molecule has 4 nitrogen and oxygen atoms in total. The molecule has 0 aliphatic heterocycles. The summed E-state index contributed by atoms with van der Waals surface area (Å²) in [5, 5.41) is 34.8. The highest BCUT2D eigenvalue weighted by molar-refractivity contribution is 6.16. The maximum Gasteiger partial charge on any atom is 0.131 e. The van der Waals surface area contributed by atoms with Gasteiger partial charge in [-0.2, -0.15) is 0 Å². The lowest BCUT2D eigenvalue weighted by molar-refractivity contribution is 0.248. The fourth-order valence-corrected chi connectivity index (χ4v) is 14.5. The number of fused-ring (bicyclic) bond motifs is 4. The maximum absolute atomic E-state index is 16.1. The molecule has 0 amide bonds. The van der Waals surface area contributed by atoms with Gasteiger partial charge in [-0.15, -0.1) is 0 Å². The number of aromatic hydroxyl groups is 2. The fraction of sp³-hybridized carbons (Fsp3) is 0.402. The van der Waals surface area contributed by atoms with Crippen LogP contribution in [0.5, 0.6) is 23.0 Å². The summed E-state index contributed by atoms with van der Waals surface area (Å²) in [4.78, 5) is 0. The molecule has 0 saturated carbocycles. The SMILES string of the molecule is CC(C)(C)CC(C)(C)c1cc(-c2cc(F)ccc2OCCCOc2ccc(F)cc2-c2cc(C(C)(C)CC(C)(C)C)cc(-c3c4cc(C(C)(C)C)ccc4cc4ccc(C(C)(C)C)cc34)c2O)c(O)c(-c2c3ccc(C(C)(C)C)cc3cc3ccc(C(C)(C)C)cc23)c1. The first kappa shape index (κ1) is 68.2. The van der Waals surface area contributed by atoms with Crippen molar-refractivity contribution in [3.8, 4) is 67.5 Å². The Labute approximate surface area is 554 Å². The van der Waals surface area contributed by atoms with E-state index in [9.17, 15) is 10.2 Å². The molecule has 10 aromatic carbocycles. The van der Waals surface area contributed by atoms with Crippen LogP contribution in [0.25, 0.3) is 87.6 Å². The van der Waals surface area contributed by atoms with Gasteiger partial charge in [-0.05, 0) is 224 Å². The number of benzene rings is 10. The van der Waals surface area contributed by atoms with E-state index in [0.29, 0.717) is 51.3 Å². The number of halogens is 2. The summed E-state index contributed by atoms with van der Waals surface area (Å²) in [5.74, 6) is -0.00950. The summed E-state index contributed by atoms with van der Waals surface area (Å²) >= 11 is 0. The summed E-state index contributed by atoms with van der Waals surface area (Å²) in [7, 11) is 0. The van der Waals surface area contributed by atoms with E-state index in [1.807, 2.05) is 12.1 Å². The minimum Gasteiger partial charge on any atom is -0.507 e. The number of ether oxygens (including phenoxy) is 2. The van der Waals surface area contributed by atoms with Gasteiger partial charge in [0.05, 0.1) is 13.2 Å². The Hall–Kier alpha value is -7.70. The largest absolute Gasteiger partial charge is 0.507 e. The molecular formula is C87H102F2O4. The van der Waals surface area contributed by atoms with Crippen LogP contribution in [-0.2, 0) is 32.5 Å². The van der Waals surface area contributed by atoms with E-state index in [1.165, 1.54) is 46.5 Å². The predicted octanol–water partition coefficient (Wildman–Crippen LogP) is 25.1. The molecule has 0 spiro atoms. The molecule has 6 heteroatoms. The zero-order chi connectivity index (χ0) is 68.1. The zero-order valence-electron chi connectivity index (χ0n) is 59.9. The lowest BCUT2D eigenvalue weighted by atomic mass is 9.71. The van der Waals surface area contributed by atoms with Gasteiger partial charge in [0.25, 0.3) is 0 Å². The highest BCUT2D eigenvalue weighted by atomic mass is 19.1. The van der Waals surface area contributed by atoms with E-state index < -0.39 is 11.6 Å². The second-order valence-electron chi connectivity index (χ2n) is 34.7. The van der Waals surface area contributed by atoms with Crippen LogP contribution in [0.15, 0.2) is 146 Å². The van der Waals surface area contributed by atoms with Crippen LogP contribution in [0.1, 0.15) is 205 Å². The molecule has 10 rings (SSSR count). The smallest absolute Gasteiger partial charge is 0.131 e. The number of phenols is 2. The first-order valence-corrected chi connectivity index (χ1v) is 33.6. The molecule has 0 radical (unpaired) electrons. The predicted molar refractivity (Wildman–Crippen MR) is 393 cm³/mol. The van der Waals surface area contributed by atoms with Crippen LogP contribution in [0.4, 0.5) is 8.78 Å². The fourth-order valence-electron chi connectivity index (χ4n) is 14.5. The van der Waals surface area contributed by atoms with Crippen LogP contribution >= 0.6 is 0 Å². The molecule has 2 N–H and O–H groups in total. The van der Waals surface area contributed by atoms with E-state index in [-0.39, 0.29) is 68.0 Å². The molecule has 488 valence electrons. The van der Waals surface area contributed by atoms with Crippen LogP contribution in [0.3, 0.4) is 0 Å². The molecular weight excluding hydrogens is 1150 g/mol. The Balaban J connectivity index is 1.06. The molecule has 0 aromatic heterocycles. The van der Waals surface area contributed by atoms with Crippen molar-refractivity contribution < 1.29 is 28.5 Å². The van der Waals surface area contributed by atoms with Gasteiger partial charge < -0.3 is 19.7 Å². The Kier molecular flexibility index (Phi) is 17.8. The van der Waals surface area contributed by atoms with Gasteiger partial charge in [0.2, 0.25) is 0 Å². The topological polar surface area (TPSA) is 58.9 Å². The van der Waals surface area contributed by atoms with Gasteiger partial charge in [0.1, 0.15) is 34.6 Å². The van der Waals surface area contributed by atoms with Crippen molar-refractivity contribution >= 4 is 43.1 Å². The molecule has 0 unspecified atom stereocenters. The Morgan fingerprint density at radius 1 is 0.301 bits per heavy atom. The molecule has 0 fully saturated rings. The average Bonchev–Trinajstić information content (AvgIpc) is 0.739. The lowest BCUT2D eigenvalue weighted by Crippen LogP contribution is -2.25. The van der Waals surface area contributed by atoms with Gasteiger partial charge in [-0.3, -0.25) is 0 Å². The summed E-state index contributed by atoms with van der Waals surface area (Å²) in [6.07, 6.45) is 2.07. The Morgan fingerprint density at radius 2 is 0.624 bits per heavy atom. The molecule has 0 aliphatic carbocycles. The first-order chi connectivity index (χ1) is 43.0. The second kappa shape index (κ2) is 24.3. The van der Waals surface area contributed by atoms with Crippen molar-refractivity contribution in [3.63, 3.8) is 0 Å². The van der Waals surface area contributed by atoms with Crippen LogP contribution < -0.4 is 9.47 Å². The van der Waals surface area contributed by atoms with Gasteiger partial charge in [0, 0.05) is 50.9 Å². The van der Waals surface area contributed by atoms with Crippen molar-refractivity contribution in [1.29, 1.82) is 0 Å². The van der Waals surface area contributed by atoms with Crippen LogP contribution in [-0.4, -0.2) is 23.4 Å². The highest BCUT2D eigenvalue weighted by Crippen LogP contribution is 2.53. The molecule has 0 atom stereocenters. The third-order valence-electron chi connectivity index (χ3n) is 18.9.